The summed E-state index contributed by atoms with van der Waals surface area (Å²) >= 11 is 0. The summed E-state index contributed by atoms with van der Waals surface area (Å²) in [4.78, 5) is 13.0. The van der Waals surface area contributed by atoms with Gasteiger partial charge in [-0.2, -0.15) is 0 Å². The summed E-state index contributed by atoms with van der Waals surface area (Å²) in [5.74, 6) is 2.90. The zero-order valence-corrected chi connectivity index (χ0v) is 15.6. The van der Waals surface area contributed by atoms with Gasteiger partial charge < -0.3 is 20.5 Å². The maximum atomic E-state index is 13.0. The second-order valence-corrected chi connectivity index (χ2v) is 8.07. The van der Waals surface area contributed by atoms with Gasteiger partial charge in [-0.3, -0.25) is 4.79 Å². The van der Waals surface area contributed by atoms with E-state index in [0.717, 1.165) is 36.3 Å². The van der Waals surface area contributed by atoms with Gasteiger partial charge in [0.2, 0.25) is 5.91 Å². The van der Waals surface area contributed by atoms with Crippen LogP contribution in [0.25, 0.3) is 0 Å². The highest BCUT2D eigenvalue weighted by atomic mass is 16.6. The van der Waals surface area contributed by atoms with E-state index in [0.29, 0.717) is 31.1 Å². The van der Waals surface area contributed by atoms with Crippen molar-refractivity contribution in [3.8, 4) is 11.5 Å². The van der Waals surface area contributed by atoms with E-state index in [1.807, 2.05) is 18.2 Å². The number of fused-ring (bicyclic) bond motifs is 3. The Balaban J connectivity index is 1.44. The Morgan fingerprint density at radius 2 is 1.88 bits per heavy atom. The van der Waals surface area contributed by atoms with Crippen molar-refractivity contribution >= 4 is 5.91 Å². The molecule has 26 heavy (non-hydrogen) atoms. The molecule has 0 aromatic heterocycles. The smallest absolute Gasteiger partial charge is 0.223 e. The first kappa shape index (κ1) is 17.7. The normalized spacial score (nSPS) is 31.2. The molecule has 142 valence electrons. The van der Waals surface area contributed by atoms with Crippen LogP contribution in [0.4, 0.5) is 0 Å². The first-order chi connectivity index (χ1) is 12.7. The third kappa shape index (κ3) is 3.41. The molecule has 1 heterocycles. The van der Waals surface area contributed by atoms with E-state index in [4.69, 9.17) is 15.2 Å². The fourth-order valence-corrected chi connectivity index (χ4v) is 4.99. The number of carbonyl (C=O) groups is 1. The molecule has 2 bridgehead atoms. The number of hydrogen-bond acceptors (Lipinski definition) is 4. The van der Waals surface area contributed by atoms with Gasteiger partial charge in [-0.1, -0.05) is 19.4 Å². The van der Waals surface area contributed by atoms with Crippen molar-refractivity contribution < 1.29 is 14.3 Å². The lowest BCUT2D eigenvalue weighted by Crippen LogP contribution is -2.49. The molecule has 0 saturated heterocycles. The second-order valence-electron chi connectivity index (χ2n) is 8.07. The standard InChI is InChI=1S/C21H30N2O3/c1-2-17(13-6-7-18-19(12-13)26-9-8-25-18)23-21(24)16-10-14-4-3-5-15(11-16)20(14)22/h6-7,12,14-17,20H,2-5,8-11,22H2,1H3,(H,23,24). The van der Waals surface area contributed by atoms with E-state index in [-0.39, 0.29) is 17.9 Å². The molecule has 1 aromatic rings. The molecule has 3 unspecified atom stereocenters. The molecule has 0 spiro atoms. The van der Waals surface area contributed by atoms with E-state index in [2.05, 4.69) is 12.2 Å². The highest BCUT2D eigenvalue weighted by molar-refractivity contribution is 5.79. The quantitative estimate of drug-likeness (QED) is 0.867. The van der Waals surface area contributed by atoms with Gasteiger partial charge in [-0.15, -0.1) is 0 Å². The van der Waals surface area contributed by atoms with Crippen LogP contribution in [0.1, 0.15) is 57.1 Å². The van der Waals surface area contributed by atoms with Crippen molar-refractivity contribution in [3.63, 3.8) is 0 Å². The monoisotopic (exact) mass is 358 g/mol. The molecule has 2 saturated carbocycles. The van der Waals surface area contributed by atoms with Crippen LogP contribution < -0.4 is 20.5 Å². The Hall–Kier alpha value is -1.75. The van der Waals surface area contributed by atoms with Gasteiger partial charge in [-0.25, -0.2) is 0 Å². The lowest BCUT2D eigenvalue weighted by molar-refractivity contribution is -0.128. The van der Waals surface area contributed by atoms with Crippen LogP contribution >= 0.6 is 0 Å². The fourth-order valence-electron chi connectivity index (χ4n) is 4.99. The summed E-state index contributed by atoms with van der Waals surface area (Å²) in [6.45, 7) is 3.27. The van der Waals surface area contributed by atoms with E-state index in [9.17, 15) is 4.79 Å². The summed E-state index contributed by atoms with van der Waals surface area (Å²) in [5.41, 5.74) is 7.45. The Kier molecular flexibility index (Phi) is 5.07. The SMILES string of the molecule is CCC(NC(=O)C1CC2CCCC(C1)C2N)c1ccc2c(c1)OCCO2. The molecule has 5 nitrogen and oxygen atoms in total. The molecule has 0 radical (unpaired) electrons. The van der Waals surface area contributed by atoms with E-state index >= 15 is 0 Å². The number of nitrogens with two attached hydrogens (primary N) is 1. The molecule has 3 atom stereocenters. The van der Waals surface area contributed by atoms with Crippen molar-refractivity contribution in [2.24, 2.45) is 23.5 Å². The number of carbonyl (C=O) groups excluding carboxylic acids is 1. The lowest BCUT2D eigenvalue weighted by atomic mass is 9.65. The molecule has 4 rings (SSSR count). The van der Waals surface area contributed by atoms with Crippen LogP contribution in [-0.4, -0.2) is 25.2 Å². The summed E-state index contributed by atoms with van der Waals surface area (Å²) in [7, 11) is 0. The molecule has 1 aliphatic heterocycles. The van der Waals surface area contributed by atoms with E-state index in [1.54, 1.807) is 0 Å². The molecular formula is C21H30N2O3. The van der Waals surface area contributed by atoms with Crippen molar-refractivity contribution in [2.45, 2.75) is 57.5 Å². The number of rotatable bonds is 4. The zero-order chi connectivity index (χ0) is 18.1. The van der Waals surface area contributed by atoms with E-state index in [1.165, 1.54) is 19.3 Å². The summed E-state index contributed by atoms with van der Waals surface area (Å²) in [5, 5.41) is 3.29. The van der Waals surface area contributed by atoms with Gasteiger partial charge in [0.1, 0.15) is 13.2 Å². The molecule has 2 fully saturated rings. The minimum Gasteiger partial charge on any atom is -0.486 e. The van der Waals surface area contributed by atoms with E-state index < -0.39 is 0 Å². The Bertz CT molecular complexity index is 649. The van der Waals surface area contributed by atoms with Crippen LogP contribution in [0.5, 0.6) is 11.5 Å². The first-order valence-corrected chi connectivity index (χ1v) is 10.1. The average molecular weight is 358 g/mol. The van der Waals surface area contributed by atoms with Crippen molar-refractivity contribution in [2.75, 3.05) is 13.2 Å². The average Bonchev–Trinajstić information content (AvgIpc) is 2.65. The Morgan fingerprint density at radius 3 is 2.58 bits per heavy atom. The first-order valence-electron chi connectivity index (χ1n) is 10.1. The minimum absolute atomic E-state index is 0.00812. The molecule has 1 aromatic carbocycles. The van der Waals surface area contributed by atoms with Gasteiger partial charge >= 0.3 is 0 Å². The summed E-state index contributed by atoms with van der Waals surface area (Å²) in [6.07, 6.45) is 6.38. The molecule has 1 amide bonds. The molecule has 3 N–H and O–H groups in total. The van der Waals surface area contributed by atoms with Gasteiger partial charge in [0.05, 0.1) is 6.04 Å². The third-order valence-corrected chi connectivity index (χ3v) is 6.48. The third-order valence-electron chi connectivity index (χ3n) is 6.48. The Morgan fingerprint density at radius 1 is 1.19 bits per heavy atom. The van der Waals surface area contributed by atoms with Crippen LogP contribution in [0, 0.1) is 17.8 Å². The summed E-state index contributed by atoms with van der Waals surface area (Å²) in [6, 6.07) is 6.30. The fraction of sp³-hybridized carbons (Fsp3) is 0.667. The van der Waals surface area contributed by atoms with Gasteiger partial charge in [0.25, 0.3) is 0 Å². The maximum absolute atomic E-state index is 13.0. The van der Waals surface area contributed by atoms with Gasteiger partial charge in [0.15, 0.2) is 11.5 Å². The highest BCUT2D eigenvalue weighted by Crippen LogP contribution is 2.42. The van der Waals surface area contributed by atoms with Gasteiger partial charge in [0, 0.05) is 12.0 Å². The predicted molar refractivity (Wildman–Crippen MR) is 100 cm³/mol. The van der Waals surface area contributed by atoms with Gasteiger partial charge in [-0.05, 0) is 61.6 Å². The number of ether oxygens (including phenoxy) is 2. The Labute approximate surface area is 155 Å². The van der Waals surface area contributed by atoms with Crippen molar-refractivity contribution in [3.05, 3.63) is 23.8 Å². The molecule has 3 aliphatic rings. The maximum Gasteiger partial charge on any atom is 0.223 e. The number of amides is 1. The number of hydrogen-bond donors (Lipinski definition) is 2. The van der Waals surface area contributed by atoms with Crippen LogP contribution in [0.2, 0.25) is 0 Å². The van der Waals surface area contributed by atoms with Crippen LogP contribution in [0.3, 0.4) is 0 Å². The van der Waals surface area contributed by atoms with Crippen LogP contribution in [-0.2, 0) is 4.79 Å². The second kappa shape index (κ2) is 7.47. The molecule has 2 aliphatic carbocycles. The van der Waals surface area contributed by atoms with Crippen molar-refractivity contribution in [1.29, 1.82) is 0 Å². The topological polar surface area (TPSA) is 73.6 Å². The highest BCUT2D eigenvalue weighted by Gasteiger charge is 2.40. The van der Waals surface area contributed by atoms with Crippen molar-refractivity contribution in [1.82, 2.24) is 5.32 Å². The molecule has 5 heteroatoms. The lowest BCUT2D eigenvalue weighted by Gasteiger charge is -2.43. The number of benzene rings is 1. The largest absolute Gasteiger partial charge is 0.486 e. The summed E-state index contributed by atoms with van der Waals surface area (Å²) < 4.78 is 11.3. The predicted octanol–water partition coefficient (Wildman–Crippen LogP) is 3.18. The molecular weight excluding hydrogens is 328 g/mol. The zero-order valence-electron chi connectivity index (χ0n) is 15.6. The van der Waals surface area contributed by atoms with Crippen LogP contribution in [0.15, 0.2) is 18.2 Å². The minimum atomic E-state index is 0.00812. The number of nitrogens with one attached hydrogen (secondary N) is 1.